The second kappa shape index (κ2) is 6.72. The molecule has 2 atom stereocenters. The van der Waals surface area contributed by atoms with Crippen molar-refractivity contribution in [3.63, 3.8) is 0 Å². The Morgan fingerprint density at radius 3 is 2.53 bits per heavy atom. The molecule has 17 heavy (non-hydrogen) atoms. The molecule has 2 saturated heterocycles. The van der Waals surface area contributed by atoms with Crippen molar-refractivity contribution in [1.29, 1.82) is 0 Å². The minimum atomic E-state index is 0.845. The lowest BCUT2D eigenvalue weighted by atomic mass is 9.89. The van der Waals surface area contributed by atoms with Crippen molar-refractivity contribution < 1.29 is 4.74 Å². The average Bonchev–Trinajstić information content (AvgIpc) is 2.66. The summed E-state index contributed by atoms with van der Waals surface area (Å²) < 4.78 is 5.09. The molecule has 0 aromatic rings. The van der Waals surface area contributed by atoms with Crippen molar-refractivity contribution in [2.24, 2.45) is 5.92 Å². The smallest absolute Gasteiger partial charge is 0.0474 e. The van der Waals surface area contributed by atoms with Crippen LogP contribution in [0.1, 0.15) is 38.5 Å². The molecule has 0 aliphatic carbocycles. The number of ether oxygens (including phenoxy) is 1. The molecule has 2 bridgehead atoms. The fourth-order valence-electron chi connectivity index (χ4n) is 3.40. The maximum absolute atomic E-state index is 5.09. The topological polar surface area (TPSA) is 24.5 Å². The number of nitrogens with one attached hydrogen (secondary N) is 1. The molecule has 2 heterocycles. The maximum Gasteiger partial charge on any atom is 0.0474 e. The first-order valence-corrected chi connectivity index (χ1v) is 7.21. The molecule has 0 aromatic heterocycles. The molecule has 2 fully saturated rings. The van der Waals surface area contributed by atoms with Crippen molar-refractivity contribution in [3.8, 4) is 0 Å². The van der Waals surface area contributed by atoms with Gasteiger partial charge in [0, 0.05) is 32.3 Å². The van der Waals surface area contributed by atoms with Crippen LogP contribution in [0.25, 0.3) is 0 Å². The third-order valence-corrected chi connectivity index (χ3v) is 4.38. The largest absolute Gasteiger partial charge is 0.385 e. The predicted molar refractivity (Wildman–Crippen MR) is 71.3 cm³/mol. The van der Waals surface area contributed by atoms with Gasteiger partial charge in [0.15, 0.2) is 0 Å². The quantitative estimate of drug-likeness (QED) is 0.688. The number of methoxy groups -OCH3 is 1. The first kappa shape index (κ1) is 13.3. The zero-order valence-electron chi connectivity index (χ0n) is 11.5. The van der Waals surface area contributed by atoms with E-state index in [1.807, 2.05) is 0 Å². The highest BCUT2D eigenvalue weighted by Crippen LogP contribution is 2.32. The molecule has 2 unspecified atom stereocenters. The minimum Gasteiger partial charge on any atom is -0.385 e. The summed E-state index contributed by atoms with van der Waals surface area (Å²) in [5.41, 5.74) is 0. The van der Waals surface area contributed by atoms with Crippen LogP contribution in [0.15, 0.2) is 0 Å². The van der Waals surface area contributed by atoms with Crippen molar-refractivity contribution in [1.82, 2.24) is 10.2 Å². The van der Waals surface area contributed by atoms with E-state index in [9.17, 15) is 0 Å². The van der Waals surface area contributed by atoms with Crippen LogP contribution < -0.4 is 5.32 Å². The van der Waals surface area contributed by atoms with Crippen LogP contribution in [0, 0.1) is 5.92 Å². The Kier molecular flexibility index (Phi) is 5.26. The van der Waals surface area contributed by atoms with Crippen LogP contribution in [-0.4, -0.2) is 50.8 Å². The predicted octanol–water partition coefficient (Wildman–Crippen LogP) is 1.88. The Bertz CT molecular complexity index is 210. The zero-order chi connectivity index (χ0) is 12.1. The summed E-state index contributed by atoms with van der Waals surface area (Å²) in [5, 5.41) is 3.72. The van der Waals surface area contributed by atoms with Crippen LogP contribution in [0.4, 0.5) is 0 Å². The number of hydrogen-bond acceptors (Lipinski definition) is 3. The molecule has 3 nitrogen and oxygen atoms in total. The van der Waals surface area contributed by atoms with Gasteiger partial charge in [0.25, 0.3) is 0 Å². The van der Waals surface area contributed by atoms with Gasteiger partial charge in [0.05, 0.1) is 0 Å². The number of hydrogen-bond donors (Lipinski definition) is 1. The standard InChI is InChI=1S/C14H28N2O/c1-16(7-3-9-17-2)8-6-12-10-13-4-5-14(11-12)15-13/h12-15H,3-11H2,1-2H3. The highest BCUT2D eigenvalue weighted by atomic mass is 16.5. The summed E-state index contributed by atoms with van der Waals surface area (Å²) in [5.74, 6) is 0.971. The summed E-state index contributed by atoms with van der Waals surface area (Å²) >= 11 is 0. The number of rotatable bonds is 7. The Hall–Kier alpha value is -0.120. The van der Waals surface area contributed by atoms with Gasteiger partial charge in [-0.2, -0.15) is 0 Å². The summed E-state index contributed by atoms with van der Waals surface area (Å²) in [6, 6.07) is 1.69. The molecular formula is C14H28N2O. The van der Waals surface area contributed by atoms with E-state index in [2.05, 4.69) is 17.3 Å². The highest BCUT2D eigenvalue weighted by molar-refractivity contribution is 4.91. The van der Waals surface area contributed by atoms with Gasteiger partial charge < -0.3 is 15.0 Å². The Balaban J connectivity index is 1.58. The van der Waals surface area contributed by atoms with E-state index in [0.29, 0.717) is 0 Å². The third kappa shape index (κ3) is 4.23. The summed E-state index contributed by atoms with van der Waals surface area (Å²) in [7, 11) is 4.02. The molecule has 0 saturated carbocycles. The average molecular weight is 240 g/mol. The zero-order valence-corrected chi connectivity index (χ0v) is 11.5. The van der Waals surface area contributed by atoms with Gasteiger partial charge in [-0.3, -0.25) is 0 Å². The van der Waals surface area contributed by atoms with Gasteiger partial charge in [-0.15, -0.1) is 0 Å². The van der Waals surface area contributed by atoms with Crippen molar-refractivity contribution in [2.75, 3.05) is 33.9 Å². The van der Waals surface area contributed by atoms with Gasteiger partial charge in [0.2, 0.25) is 0 Å². The van der Waals surface area contributed by atoms with Crippen LogP contribution in [-0.2, 0) is 4.74 Å². The van der Waals surface area contributed by atoms with Crippen molar-refractivity contribution in [3.05, 3.63) is 0 Å². The van der Waals surface area contributed by atoms with E-state index in [0.717, 1.165) is 31.0 Å². The molecule has 2 rings (SSSR count). The van der Waals surface area contributed by atoms with Crippen LogP contribution in [0.3, 0.4) is 0 Å². The van der Waals surface area contributed by atoms with Gasteiger partial charge in [-0.25, -0.2) is 0 Å². The molecule has 2 aliphatic heterocycles. The van der Waals surface area contributed by atoms with Gasteiger partial charge in [-0.05, 0) is 58.0 Å². The van der Waals surface area contributed by atoms with Crippen molar-refractivity contribution in [2.45, 2.75) is 50.6 Å². The fraction of sp³-hybridized carbons (Fsp3) is 1.00. The maximum atomic E-state index is 5.09. The lowest BCUT2D eigenvalue weighted by molar-refractivity contribution is 0.174. The molecule has 1 N–H and O–H groups in total. The monoisotopic (exact) mass is 240 g/mol. The molecule has 3 heteroatoms. The second-order valence-corrected chi connectivity index (χ2v) is 5.91. The van der Waals surface area contributed by atoms with Crippen LogP contribution in [0.5, 0.6) is 0 Å². The van der Waals surface area contributed by atoms with Gasteiger partial charge in [-0.1, -0.05) is 0 Å². The molecule has 0 radical (unpaired) electrons. The summed E-state index contributed by atoms with van der Waals surface area (Å²) in [6.07, 6.45) is 8.23. The van der Waals surface area contributed by atoms with Crippen LogP contribution in [0.2, 0.25) is 0 Å². The molecule has 2 aliphatic rings. The number of fused-ring (bicyclic) bond motifs is 2. The fourth-order valence-corrected chi connectivity index (χ4v) is 3.40. The highest BCUT2D eigenvalue weighted by Gasteiger charge is 2.32. The lowest BCUT2D eigenvalue weighted by Crippen LogP contribution is -2.39. The molecule has 0 aromatic carbocycles. The van der Waals surface area contributed by atoms with Crippen LogP contribution >= 0.6 is 0 Å². The molecular weight excluding hydrogens is 212 g/mol. The van der Waals surface area contributed by atoms with E-state index in [4.69, 9.17) is 4.74 Å². The van der Waals surface area contributed by atoms with Crippen molar-refractivity contribution >= 4 is 0 Å². The normalized spacial score (nSPS) is 32.3. The first-order chi connectivity index (χ1) is 8.28. The van der Waals surface area contributed by atoms with Gasteiger partial charge in [0.1, 0.15) is 0 Å². The molecule has 0 spiro atoms. The lowest BCUT2D eigenvalue weighted by Gasteiger charge is -2.30. The van der Waals surface area contributed by atoms with E-state index in [1.54, 1.807) is 7.11 Å². The first-order valence-electron chi connectivity index (χ1n) is 7.21. The summed E-state index contributed by atoms with van der Waals surface area (Å²) in [4.78, 5) is 2.46. The third-order valence-electron chi connectivity index (χ3n) is 4.38. The Morgan fingerprint density at radius 2 is 1.88 bits per heavy atom. The van der Waals surface area contributed by atoms with E-state index >= 15 is 0 Å². The molecule has 0 amide bonds. The number of nitrogens with zero attached hydrogens (tertiary/aromatic N) is 1. The van der Waals surface area contributed by atoms with Gasteiger partial charge >= 0.3 is 0 Å². The second-order valence-electron chi connectivity index (χ2n) is 5.91. The Morgan fingerprint density at radius 1 is 1.18 bits per heavy atom. The molecule has 100 valence electrons. The Labute approximate surface area is 106 Å². The van der Waals surface area contributed by atoms with E-state index < -0.39 is 0 Å². The summed E-state index contributed by atoms with van der Waals surface area (Å²) in [6.45, 7) is 3.32. The SMILES string of the molecule is COCCCN(C)CCC1CC2CCC(C1)N2. The number of piperidine rings is 1. The van der Waals surface area contributed by atoms with E-state index in [1.165, 1.54) is 45.2 Å². The van der Waals surface area contributed by atoms with E-state index in [-0.39, 0.29) is 0 Å². The minimum absolute atomic E-state index is 0.845.